The fourth-order valence-corrected chi connectivity index (χ4v) is 0.594. The number of rotatable bonds is 0. The number of carbonyl (C=O) groups excluding carboxylic acids is 1. The molecule has 0 aromatic carbocycles. The van der Waals surface area contributed by atoms with E-state index in [0.717, 1.165) is 0 Å². The second kappa shape index (κ2) is 2.51. The maximum absolute atomic E-state index is 10.9. The molecule has 0 aliphatic carbocycles. The molecule has 0 saturated carbocycles. The normalized spacial score (nSPS) is 18.7. The van der Waals surface area contributed by atoms with Gasteiger partial charge in [-0.1, -0.05) is 0 Å². The summed E-state index contributed by atoms with van der Waals surface area (Å²) in [7, 11) is 1.67. The van der Waals surface area contributed by atoms with Crippen LogP contribution in [0.5, 0.6) is 0 Å². The number of carbonyl (C=O) groups is 1. The molecule has 0 aromatic rings. The molecule has 0 unspecified atom stereocenters. The SMILES string of the molecule is CN1C=CC(N)=NCC1=O. The van der Waals surface area contributed by atoms with E-state index in [2.05, 4.69) is 4.99 Å². The number of amidine groups is 1. The molecule has 0 saturated heterocycles. The Morgan fingerprint density at radius 3 is 3.20 bits per heavy atom. The zero-order valence-electron chi connectivity index (χ0n) is 5.74. The second-order valence-electron chi connectivity index (χ2n) is 2.06. The minimum absolute atomic E-state index is 0.0447. The van der Waals surface area contributed by atoms with Gasteiger partial charge in [0.1, 0.15) is 12.4 Å². The third-order valence-corrected chi connectivity index (χ3v) is 1.26. The highest BCUT2D eigenvalue weighted by molar-refractivity contribution is 5.95. The van der Waals surface area contributed by atoms with Gasteiger partial charge < -0.3 is 10.6 Å². The number of amides is 1. The molecule has 10 heavy (non-hydrogen) atoms. The Labute approximate surface area is 59.0 Å². The lowest BCUT2D eigenvalue weighted by Gasteiger charge is -2.06. The molecule has 0 radical (unpaired) electrons. The van der Waals surface area contributed by atoms with Crippen LogP contribution in [0.25, 0.3) is 0 Å². The number of nitrogens with zero attached hydrogens (tertiary/aromatic N) is 2. The molecule has 1 aliphatic rings. The van der Waals surface area contributed by atoms with Gasteiger partial charge in [0.25, 0.3) is 0 Å². The van der Waals surface area contributed by atoms with Crippen molar-refractivity contribution in [1.29, 1.82) is 0 Å². The predicted octanol–water partition coefficient (Wildman–Crippen LogP) is -0.671. The van der Waals surface area contributed by atoms with E-state index >= 15 is 0 Å². The van der Waals surface area contributed by atoms with Crippen molar-refractivity contribution in [2.24, 2.45) is 10.7 Å². The van der Waals surface area contributed by atoms with Crippen molar-refractivity contribution in [2.45, 2.75) is 0 Å². The van der Waals surface area contributed by atoms with E-state index in [0.29, 0.717) is 5.84 Å². The van der Waals surface area contributed by atoms with Crippen molar-refractivity contribution in [3.63, 3.8) is 0 Å². The van der Waals surface area contributed by atoms with Gasteiger partial charge in [-0.15, -0.1) is 0 Å². The maximum Gasteiger partial charge on any atom is 0.247 e. The van der Waals surface area contributed by atoms with E-state index in [1.165, 1.54) is 4.90 Å². The molecule has 1 amide bonds. The summed E-state index contributed by atoms with van der Waals surface area (Å²) in [6, 6.07) is 0. The molecule has 0 bridgehead atoms. The molecule has 0 atom stereocenters. The van der Waals surface area contributed by atoms with Gasteiger partial charge in [-0.05, 0) is 6.08 Å². The number of hydrogen-bond acceptors (Lipinski definition) is 3. The summed E-state index contributed by atoms with van der Waals surface area (Å²) in [5.41, 5.74) is 5.34. The Balaban J connectivity index is 2.78. The molecular formula is C6H9N3O. The number of nitrogens with two attached hydrogens (primary N) is 1. The van der Waals surface area contributed by atoms with Crippen LogP contribution in [-0.4, -0.2) is 30.2 Å². The zero-order chi connectivity index (χ0) is 7.56. The van der Waals surface area contributed by atoms with E-state index in [1.807, 2.05) is 0 Å². The summed E-state index contributed by atoms with van der Waals surface area (Å²) >= 11 is 0. The first-order valence-corrected chi connectivity index (χ1v) is 2.94. The first kappa shape index (κ1) is 6.80. The minimum Gasteiger partial charge on any atom is -0.384 e. The van der Waals surface area contributed by atoms with Crippen molar-refractivity contribution < 1.29 is 4.79 Å². The minimum atomic E-state index is -0.0447. The van der Waals surface area contributed by atoms with Crippen molar-refractivity contribution >= 4 is 11.7 Å². The molecule has 54 valence electrons. The molecule has 0 fully saturated rings. The lowest BCUT2D eigenvalue weighted by Crippen LogP contribution is -2.22. The molecule has 0 aromatic heterocycles. The van der Waals surface area contributed by atoms with E-state index in [-0.39, 0.29) is 12.5 Å². The van der Waals surface area contributed by atoms with Gasteiger partial charge in [0.05, 0.1) is 0 Å². The number of aliphatic imine (C=N–C) groups is 1. The van der Waals surface area contributed by atoms with Crippen LogP contribution >= 0.6 is 0 Å². The fraction of sp³-hybridized carbons (Fsp3) is 0.333. The van der Waals surface area contributed by atoms with E-state index in [4.69, 9.17) is 5.73 Å². The van der Waals surface area contributed by atoms with E-state index in [1.54, 1.807) is 19.3 Å². The van der Waals surface area contributed by atoms with Crippen LogP contribution in [0.4, 0.5) is 0 Å². The Morgan fingerprint density at radius 1 is 1.80 bits per heavy atom. The van der Waals surface area contributed by atoms with Gasteiger partial charge in [0.15, 0.2) is 0 Å². The monoisotopic (exact) mass is 139 g/mol. The van der Waals surface area contributed by atoms with E-state index < -0.39 is 0 Å². The summed E-state index contributed by atoms with van der Waals surface area (Å²) in [5.74, 6) is 0.356. The smallest absolute Gasteiger partial charge is 0.247 e. The highest BCUT2D eigenvalue weighted by Gasteiger charge is 2.06. The molecule has 1 rings (SSSR count). The molecule has 1 aliphatic heterocycles. The first-order chi connectivity index (χ1) is 4.70. The molecule has 1 heterocycles. The quantitative estimate of drug-likeness (QED) is 0.484. The summed E-state index contributed by atoms with van der Waals surface area (Å²) in [4.78, 5) is 16.1. The summed E-state index contributed by atoms with van der Waals surface area (Å²) in [5, 5.41) is 0. The Bertz CT molecular complexity index is 207. The summed E-state index contributed by atoms with van der Waals surface area (Å²) < 4.78 is 0. The molecule has 4 heteroatoms. The Kier molecular flexibility index (Phi) is 1.71. The van der Waals surface area contributed by atoms with Crippen LogP contribution in [0.15, 0.2) is 17.3 Å². The van der Waals surface area contributed by atoms with Gasteiger partial charge >= 0.3 is 0 Å². The van der Waals surface area contributed by atoms with Crippen molar-refractivity contribution in [2.75, 3.05) is 13.6 Å². The summed E-state index contributed by atoms with van der Waals surface area (Å²) in [6.45, 7) is 0.148. The lowest BCUT2D eigenvalue weighted by atomic mass is 10.5. The van der Waals surface area contributed by atoms with Gasteiger partial charge in [0, 0.05) is 13.2 Å². The summed E-state index contributed by atoms with van der Waals surface area (Å²) in [6.07, 6.45) is 3.21. The highest BCUT2D eigenvalue weighted by Crippen LogP contribution is 1.92. The van der Waals surface area contributed by atoms with Gasteiger partial charge in [-0.2, -0.15) is 0 Å². The van der Waals surface area contributed by atoms with Crippen LogP contribution in [0.3, 0.4) is 0 Å². The second-order valence-corrected chi connectivity index (χ2v) is 2.06. The topological polar surface area (TPSA) is 58.7 Å². The highest BCUT2D eigenvalue weighted by atomic mass is 16.2. The van der Waals surface area contributed by atoms with Gasteiger partial charge in [-0.25, -0.2) is 0 Å². The zero-order valence-corrected chi connectivity index (χ0v) is 5.74. The molecule has 4 nitrogen and oxygen atoms in total. The standard InChI is InChI=1S/C6H9N3O/c1-9-3-2-5(7)8-4-6(9)10/h2-3H,4H2,1H3,(H2,7,8). The first-order valence-electron chi connectivity index (χ1n) is 2.94. The molecule has 2 N–H and O–H groups in total. The van der Waals surface area contributed by atoms with Crippen LogP contribution in [0, 0.1) is 0 Å². The van der Waals surface area contributed by atoms with Crippen LogP contribution in [0.2, 0.25) is 0 Å². The number of hydrogen-bond donors (Lipinski definition) is 1. The van der Waals surface area contributed by atoms with Crippen molar-refractivity contribution in [3.05, 3.63) is 12.3 Å². The van der Waals surface area contributed by atoms with Gasteiger partial charge in [0.2, 0.25) is 5.91 Å². The Morgan fingerprint density at radius 2 is 2.50 bits per heavy atom. The fourth-order valence-electron chi connectivity index (χ4n) is 0.594. The predicted molar refractivity (Wildman–Crippen MR) is 38.4 cm³/mol. The van der Waals surface area contributed by atoms with Crippen LogP contribution < -0.4 is 5.73 Å². The van der Waals surface area contributed by atoms with Gasteiger partial charge in [-0.3, -0.25) is 9.79 Å². The van der Waals surface area contributed by atoms with Crippen LogP contribution in [-0.2, 0) is 4.79 Å². The molecule has 0 spiro atoms. The largest absolute Gasteiger partial charge is 0.384 e. The van der Waals surface area contributed by atoms with Crippen LogP contribution in [0.1, 0.15) is 0 Å². The number of likely N-dealkylation sites (N-methyl/N-ethyl adjacent to an activating group) is 1. The third kappa shape index (κ3) is 1.34. The Hall–Kier alpha value is -1.32. The van der Waals surface area contributed by atoms with E-state index in [9.17, 15) is 4.79 Å². The average molecular weight is 139 g/mol. The third-order valence-electron chi connectivity index (χ3n) is 1.26. The van der Waals surface area contributed by atoms with Crippen molar-refractivity contribution in [1.82, 2.24) is 4.90 Å². The lowest BCUT2D eigenvalue weighted by molar-refractivity contribution is -0.125. The maximum atomic E-state index is 10.9. The van der Waals surface area contributed by atoms with Crippen molar-refractivity contribution in [3.8, 4) is 0 Å². The average Bonchev–Trinajstić information content (AvgIpc) is 2.04. The molecular weight excluding hydrogens is 130 g/mol.